The standard InChI is InChI=1S/C18H15ClFN5OS/c1-10-22-23-18-25(10)24-15(11-5-3-2-4-6-11)16(27-18)17(26)21-12-7-8-14(20)13(19)9-12/h2-9,15-16,24H,1H3,(H,21,26)/t15-,16-/m1/s1. The van der Waals surface area contributed by atoms with Crippen LogP contribution in [0, 0.1) is 12.7 Å². The predicted molar refractivity (Wildman–Crippen MR) is 103 cm³/mol. The molecule has 1 aromatic heterocycles. The summed E-state index contributed by atoms with van der Waals surface area (Å²) in [6.07, 6.45) is 0. The lowest BCUT2D eigenvalue weighted by molar-refractivity contribution is -0.116. The molecule has 27 heavy (non-hydrogen) atoms. The zero-order valence-electron chi connectivity index (χ0n) is 14.2. The van der Waals surface area contributed by atoms with Crippen LogP contribution in [-0.4, -0.2) is 26.0 Å². The number of halogens is 2. The second kappa shape index (κ2) is 7.21. The molecule has 4 rings (SSSR count). The van der Waals surface area contributed by atoms with Gasteiger partial charge in [-0.05, 0) is 30.7 Å². The number of hydrogen-bond acceptors (Lipinski definition) is 5. The van der Waals surface area contributed by atoms with E-state index in [9.17, 15) is 9.18 Å². The van der Waals surface area contributed by atoms with Crippen molar-refractivity contribution in [3.8, 4) is 0 Å². The molecule has 2 atom stereocenters. The second-order valence-electron chi connectivity index (χ2n) is 6.04. The minimum Gasteiger partial charge on any atom is -0.325 e. The largest absolute Gasteiger partial charge is 0.325 e. The molecule has 0 unspecified atom stereocenters. The molecule has 0 radical (unpaired) electrons. The van der Waals surface area contributed by atoms with Crippen LogP contribution in [0.15, 0.2) is 53.7 Å². The van der Waals surface area contributed by atoms with Crippen LogP contribution in [-0.2, 0) is 4.79 Å². The number of rotatable bonds is 3. The van der Waals surface area contributed by atoms with E-state index in [1.165, 1.54) is 30.0 Å². The van der Waals surface area contributed by atoms with Crippen LogP contribution < -0.4 is 10.7 Å². The average Bonchev–Trinajstić information content (AvgIpc) is 3.04. The van der Waals surface area contributed by atoms with E-state index in [0.717, 1.165) is 5.56 Å². The summed E-state index contributed by atoms with van der Waals surface area (Å²) in [5.41, 5.74) is 4.71. The van der Waals surface area contributed by atoms with E-state index in [0.29, 0.717) is 16.7 Å². The minimum absolute atomic E-state index is 0.0443. The van der Waals surface area contributed by atoms with Gasteiger partial charge in [0.05, 0.1) is 11.1 Å². The molecule has 0 bridgehead atoms. The van der Waals surface area contributed by atoms with Gasteiger partial charge >= 0.3 is 0 Å². The molecule has 1 aliphatic rings. The summed E-state index contributed by atoms with van der Waals surface area (Å²) < 4.78 is 15.1. The number of carbonyl (C=O) groups is 1. The highest BCUT2D eigenvalue weighted by Gasteiger charge is 2.37. The maximum absolute atomic E-state index is 13.4. The summed E-state index contributed by atoms with van der Waals surface area (Å²) in [6.45, 7) is 1.84. The Balaban J connectivity index is 1.65. The minimum atomic E-state index is -0.533. The number of aromatic nitrogens is 3. The third-order valence-corrected chi connectivity index (χ3v) is 5.71. The van der Waals surface area contributed by atoms with Gasteiger partial charge in [-0.25, -0.2) is 9.07 Å². The Bertz CT molecular complexity index is 997. The first-order valence-corrected chi connectivity index (χ1v) is 9.45. The van der Waals surface area contributed by atoms with Crippen molar-refractivity contribution in [3.63, 3.8) is 0 Å². The zero-order chi connectivity index (χ0) is 19.0. The first kappa shape index (κ1) is 17.8. The highest BCUT2D eigenvalue weighted by molar-refractivity contribution is 8.00. The predicted octanol–water partition coefficient (Wildman–Crippen LogP) is 3.78. The molecular formula is C18H15ClFN5OS. The number of carbonyl (C=O) groups excluding carboxylic acids is 1. The summed E-state index contributed by atoms with van der Waals surface area (Å²) in [5.74, 6) is -0.0624. The van der Waals surface area contributed by atoms with Crippen LogP contribution in [0.25, 0.3) is 0 Å². The van der Waals surface area contributed by atoms with E-state index in [1.54, 1.807) is 4.68 Å². The molecule has 138 valence electrons. The fourth-order valence-electron chi connectivity index (χ4n) is 2.86. The highest BCUT2D eigenvalue weighted by Crippen LogP contribution is 2.37. The number of fused-ring (bicyclic) bond motifs is 1. The van der Waals surface area contributed by atoms with E-state index in [-0.39, 0.29) is 17.0 Å². The Morgan fingerprint density at radius 1 is 1.26 bits per heavy atom. The molecule has 2 heterocycles. The number of anilines is 1. The summed E-state index contributed by atoms with van der Waals surface area (Å²) in [7, 11) is 0. The first-order chi connectivity index (χ1) is 13.0. The second-order valence-corrected chi connectivity index (χ2v) is 7.56. The molecule has 6 nitrogen and oxygen atoms in total. The van der Waals surface area contributed by atoms with Gasteiger partial charge in [0.15, 0.2) is 0 Å². The topological polar surface area (TPSA) is 71.8 Å². The molecule has 0 saturated carbocycles. The zero-order valence-corrected chi connectivity index (χ0v) is 15.8. The molecule has 1 amide bonds. The number of nitrogens with one attached hydrogen (secondary N) is 2. The van der Waals surface area contributed by atoms with Crippen molar-refractivity contribution in [2.45, 2.75) is 23.4 Å². The molecule has 2 aromatic carbocycles. The molecule has 0 saturated heterocycles. The summed E-state index contributed by atoms with van der Waals surface area (Å²) in [6, 6.07) is 13.5. The monoisotopic (exact) mass is 403 g/mol. The van der Waals surface area contributed by atoms with Crippen LogP contribution in [0.4, 0.5) is 10.1 Å². The SMILES string of the molecule is Cc1nnc2n1N[C@H](c1ccccc1)[C@H](C(=O)Nc1ccc(F)c(Cl)c1)S2. The van der Waals surface area contributed by atoms with E-state index in [4.69, 9.17) is 11.6 Å². The lowest BCUT2D eigenvalue weighted by Crippen LogP contribution is -2.41. The number of amides is 1. The Morgan fingerprint density at radius 2 is 2.04 bits per heavy atom. The van der Waals surface area contributed by atoms with Crippen molar-refractivity contribution in [2.75, 3.05) is 10.7 Å². The Kier molecular flexibility index (Phi) is 4.75. The van der Waals surface area contributed by atoms with Gasteiger partial charge in [-0.2, -0.15) is 0 Å². The fourth-order valence-corrected chi connectivity index (χ4v) is 4.16. The molecule has 0 aliphatic carbocycles. The van der Waals surface area contributed by atoms with Crippen molar-refractivity contribution in [1.82, 2.24) is 14.9 Å². The molecular weight excluding hydrogens is 389 g/mol. The normalized spacial score (nSPS) is 18.5. The van der Waals surface area contributed by atoms with Gasteiger partial charge < -0.3 is 10.7 Å². The Morgan fingerprint density at radius 3 is 2.78 bits per heavy atom. The van der Waals surface area contributed by atoms with Crippen molar-refractivity contribution < 1.29 is 9.18 Å². The Hall–Kier alpha value is -2.58. The molecule has 9 heteroatoms. The molecule has 0 fully saturated rings. The summed E-state index contributed by atoms with van der Waals surface area (Å²) in [4.78, 5) is 13.0. The van der Waals surface area contributed by atoms with Gasteiger partial charge in [0.25, 0.3) is 0 Å². The van der Waals surface area contributed by atoms with Crippen molar-refractivity contribution >= 4 is 35.0 Å². The molecule has 3 aromatic rings. The maximum atomic E-state index is 13.4. The quantitative estimate of drug-likeness (QED) is 0.696. The number of benzene rings is 2. The van der Waals surface area contributed by atoms with E-state index < -0.39 is 11.1 Å². The first-order valence-electron chi connectivity index (χ1n) is 8.19. The van der Waals surface area contributed by atoms with E-state index >= 15 is 0 Å². The molecule has 2 N–H and O–H groups in total. The smallest absolute Gasteiger partial charge is 0.240 e. The van der Waals surface area contributed by atoms with E-state index in [1.807, 2.05) is 37.3 Å². The van der Waals surface area contributed by atoms with Crippen LogP contribution in [0.3, 0.4) is 0 Å². The van der Waals surface area contributed by atoms with Crippen LogP contribution in [0.5, 0.6) is 0 Å². The van der Waals surface area contributed by atoms with Gasteiger partial charge in [0, 0.05) is 5.69 Å². The lowest BCUT2D eigenvalue weighted by atomic mass is 10.0. The number of hydrogen-bond donors (Lipinski definition) is 2. The average molecular weight is 404 g/mol. The van der Waals surface area contributed by atoms with Crippen molar-refractivity contribution in [3.05, 3.63) is 70.8 Å². The van der Waals surface area contributed by atoms with Gasteiger partial charge in [-0.15, -0.1) is 10.2 Å². The van der Waals surface area contributed by atoms with Crippen LogP contribution in [0.1, 0.15) is 17.4 Å². The summed E-state index contributed by atoms with van der Waals surface area (Å²) >= 11 is 7.14. The number of aryl methyl sites for hydroxylation is 1. The molecule has 1 aliphatic heterocycles. The lowest BCUT2D eigenvalue weighted by Gasteiger charge is -2.32. The maximum Gasteiger partial charge on any atom is 0.240 e. The summed E-state index contributed by atoms with van der Waals surface area (Å²) in [5, 5.41) is 11.0. The third kappa shape index (κ3) is 3.50. The van der Waals surface area contributed by atoms with Crippen LogP contribution in [0.2, 0.25) is 5.02 Å². The number of nitrogens with zero attached hydrogens (tertiary/aromatic N) is 3. The van der Waals surface area contributed by atoms with Crippen molar-refractivity contribution in [2.24, 2.45) is 0 Å². The highest BCUT2D eigenvalue weighted by atomic mass is 35.5. The van der Waals surface area contributed by atoms with Gasteiger partial charge in [0.1, 0.15) is 16.9 Å². The Labute approximate surface area is 164 Å². The van der Waals surface area contributed by atoms with Gasteiger partial charge in [0.2, 0.25) is 11.1 Å². The van der Waals surface area contributed by atoms with E-state index in [2.05, 4.69) is 20.9 Å². The van der Waals surface area contributed by atoms with Crippen molar-refractivity contribution in [1.29, 1.82) is 0 Å². The fraction of sp³-hybridized carbons (Fsp3) is 0.167. The van der Waals surface area contributed by atoms with Crippen LogP contribution >= 0.6 is 23.4 Å². The third-order valence-electron chi connectivity index (χ3n) is 4.20. The number of thioether (sulfide) groups is 1. The van der Waals surface area contributed by atoms with Gasteiger partial charge in [-0.1, -0.05) is 53.7 Å². The molecule has 0 spiro atoms. The van der Waals surface area contributed by atoms with Gasteiger partial charge in [-0.3, -0.25) is 4.79 Å².